The highest BCUT2D eigenvalue weighted by Gasteiger charge is 2.31. The van der Waals surface area contributed by atoms with Crippen molar-refractivity contribution in [3.8, 4) is 33.6 Å². The lowest BCUT2D eigenvalue weighted by molar-refractivity contribution is -0.138. The first kappa shape index (κ1) is 23.6. The van der Waals surface area contributed by atoms with Crippen molar-refractivity contribution in [2.75, 3.05) is 0 Å². The van der Waals surface area contributed by atoms with Crippen molar-refractivity contribution in [2.45, 2.75) is 12.4 Å². The highest BCUT2D eigenvalue weighted by molar-refractivity contribution is 6.08. The maximum atomic E-state index is 13.2. The fourth-order valence-corrected chi connectivity index (χ4v) is 4.22. The van der Waals surface area contributed by atoms with Gasteiger partial charge in [0.05, 0.1) is 22.5 Å². The number of alkyl halides is 6. The van der Waals surface area contributed by atoms with E-state index in [0.717, 1.165) is 40.6 Å². The van der Waals surface area contributed by atoms with Gasteiger partial charge in [0.25, 0.3) is 0 Å². The summed E-state index contributed by atoms with van der Waals surface area (Å²) in [6.45, 7) is 0. The van der Waals surface area contributed by atoms with Gasteiger partial charge in [-0.2, -0.15) is 26.3 Å². The first-order valence-electron chi connectivity index (χ1n) is 11.0. The van der Waals surface area contributed by atoms with Crippen molar-refractivity contribution in [1.82, 2.24) is 4.98 Å². The van der Waals surface area contributed by atoms with Crippen LogP contribution in [0.25, 0.3) is 44.4 Å². The van der Waals surface area contributed by atoms with E-state index in [9.17, 15) is 26.3 Å². The summed E-state index contributed by atoms with van der Waals surface area (Å²) < 4.78 is 79.1. The lowest BCUT2D eigenvalue weighted by Gasteiger charge is -2.18. The van der Waals surface area contributed by atoms with Crippen LogP contribution in [-0.2, 0) is 12.4 Å². The van der Waals surface area contributed by atoms with Crippen molar-refractivity contribution >= 4 is 10.8 Å². The number of pyridine rings is 1. The van der Waals surface area contributed by atoms with E-state index in [0.29, 0.717) is 28.1 Å². The van der Waals surface area contributed by atoms with E-state index in [1.807, 2.05) is 48.5 Å². The van der Waals surface area contributed by atoms with E-state index in [2.05, 4.69) is 0 Å². The molecule has 5 rings (SSSR count). The topological polar surface area (TPSA) is 12.9 Å². The number of fused-ring (bicyclic) bond motifs is 1. The van der Waals surface area contributed by atoms with Crippen molar-refractivity contribution < 1.29 is 26.3 Å². The second-order valence-corrected chi connectivity index (χ2v) is 8.25. The molecule has 36 heavy (non-hydrogen) atoms. The number of nitrogens with zero attached hydrogens (tertiary/aromatic N) is 1. The molecule has 0 amide bonds. The summed E-state index contributed by atoms with van der Waals surface area (Å²) >= 11 is 0. The van der Waals surface area contributed by atoms with E-state index < -0.39 is 23.5 Å². The minimum absolute atomic E-state index is 0.376. The van der Waals surface area contributed by atoms with Gasteiger partial charge in [-0.05, 0) is 35.2 Å². The molecular formula is C29H17F6N. The van der Waals surface area contributed by atoms with Crippen molar-refractivity contribution in [3.05, 3.63) is 114 Å². The lowest BCUT2D eigenvalue weighted by atomic mass is 9.91. The molecule has 0 N–H and O–H groups in total. The van der Waals surface area contributed by atoms with Gasteiger partial charge >= 0.3 is 12.4 Å². The number of benzene rings is 4. The lowest BCUT2D eigenvalue weighted by Crippen LogP contribution is -2.05. The average molecular weight is 493 g/mol. The van der Waals surface area contributed by atoms with Crippen molar-refractivity contribution in [2.24, 2.45) is 0 Å². The standard InChI is InChI=1S/C29H17F6N/c30-28(31,32)21-14-10-18(11-15-21)25-23-8-4-5-9-24(23)26(19-6-2-1-3-7-19)36-27(25)20-12-16-22(17-13-20)29(33,34)35/h1-17H. The molecule has 0 fully saturated rings. The Morgan fingerprint density at radius 2 is 0.861 bits per heavy atom. The van der Waals surface area contributed by atoms with Crippen LogP contribution in [-0.4, -0.2) is 4.98 Å². The summed E-state index contributed by atoms with van der Waals surface area (Å²) in [5.41, 5.74) is 1.64. The molecular weight excluding hydrogens is 476 g/mol. The molecule has 0 saturated carbocycles. The summed E-state index contributed by atoms with van der Waals surface area (Å²) in [6.07, 6.45) is -8.99. The molecule has 0 radical (unpaired) electrons. The quantitative estimate of drug-likeness (QED) is 0.228. The van der Waals surface area contributed by atoms with Crippen LogP contribution in [0.4, 0.5) is 26.3 Å². The largest absolute Gasteiger partial charge is 0.416 e. The molecule has 0 unspecified atom stereocenters. The predicted octanol–water partition coefficient (Wildman–Crippen LogP) is 9.27. The SMILES string of the molecule is FC(F)(F)c1ccc(-c2nc(-c3ccccc3)c3ccccc3c2-c2ccc(C(F)(F)F)cc2)cc1. The van der Waals surface area contributed by atoms with Crippen LogP contribution in [0.1, 0.15) is 11.1 Å². The summed E-state index contributed by atoms with van der Waals surface area (Å²) in [5.74, 6) is 0. The molecule has 1 heterocycles. The third-order valence-corrected chi connectivity index (χ3v) is 5.95. The zero-order valence-electron chi connectivity index (χ0n) is 18.5. The van der Waals surface area contributed by atoms with Crippen molar-refractivity contribution in [1.29, 1.82) is 0 Å². The molecule has 4 aromatic carbocycles. The van der Waals surface area contributed by atoms with Crippen LogP contribution in [0.5, 0.6) is 0 Å². The van der Waals surface area contributed by atoms with Crippen LogP contribution in [0.3, 0.4) is 0 Å². The number of rotatable bonds is 3. The van der Waals surface area contributed by atoms with Crippen LogP contribution >= 0.6 is 0 Å². The molecule has 0 aliphatic rings. The zero-order valence-corrected chi connectivity index (χ0v) is 18.5. The van der Waals surface area contributed by atoms with Gasteiger partial charge in [0.2, 0.25) is 0 Å². The molecule has 0 bridgehead atoms. The minimum atomic E-state index is -4.50. The molecule has 0 saturated heterocycles. The first-order valence-corrected chi connectivity index (χ1v) is 11.0. The van der Waals surface area contributed by atoms with Gasteiger partial charge in [0.15, 0.2) is 0 Å². The second-order valence-electron chi connectivity index (χ2n) is 8.25. The van der Waals surface area contributed by atoms with Crippen LogP contribution in [0.15, 0.2) is 103 Å². The average Bonchev–Trinajstić information content (AvgIpc) is 2.87. The Balaban J connectivity index is 1.81. The highest BCUT2D eigenvalue weighted by Crippen LogP contribution is 2.42. The van der Waals surface area contributed by atoms with Gasteiger partial charge in [-0.15, -0.1) is 0 Å². The molecule has 0 aliphatic carbocycles. The summed E-state index contributed by atoms with van der Waals surface area (Å²) in [5, 5.41) is 1.50. The third kappa shape index (κ3) is 4.44. The Morgan fingerprint density at radius 1 is 0.417 bits per heavy atom. The first-order chi connectivity index (χ1) is 17.1. The zero-order chi connectivity index (χ0) is 25.5. The Kier molecular flexibility index (Phi) is 5.79. The maximum Gasteiger partial charge on any atom is 0.416 e. The number of halogens is 6. The van der Waals surface area contributed by atoms with Crippen LogP contribution in [0.2, 0.25) is 0 Å². The van der Waals surface area contributed by atoms with E-state index in [1.165, 1.54) is 24.3 Å². The monoisotopic (exact) mass is 493 g/mol. The van der Waals surface area contributed by atoms with Crippen LogP contribution < -0.4 is 0 Å². The fourth-order valence-electron chi connectivity index (χ4n) is 4.22. The maximum absolute atomic E-state index is 13.2. The Hall–Kier alpha value is -4.13. The number of aromatic nitrogens is 1. The fraction of sp³-hybridized carbons (Fsp3) is 0.0690. The van der Waals surface area contributed by atoms with Crippen LogP contribution in [0, 0.1) is 0 Å². The van der Waals surface area contributed by atoms with Gasteiger partial charge in [-0.25, -0.2) is 4.98 Å². The predicted molar refractivity (Wildman–Crippen MR) is 128 cm³/mol. The van der Waals surface area contributed by atoms with Crippen molar-refractivity contribution in [3.63, 3.8) is 0 Å². The Labute approximate surface area is 202 Å². The number of hydrogen-bond acceptors (Lipinski definition) is 1. The van der Waals surface area contributed by atoms with Gasteiger partial charge < -0.3 is 0 Å². The van der Waals surface area contributed by atoms with E-state index >= 15 is 0 Å². The smallest absolute Gasteiger partial charge is 0.246 e. The van der Waals surface area contributed by atoms with E-state index in [4.69, 9.17) is 4.98 Å². The molecule has 1 aromatic heterocycles. The van der Waals surface area contributed by atoms with E-state index in [-0.39, 0.29) is 0 Å². The molecule has 0 spiro atoms. The normalized spacial score (nSPS) is 12.2. The Bertz CT molecular complexity index is 1520. The summed E-state index contributed by atoms with van der Waals surface area (Å²) in [4.78, 5) is 4.88. The Morgan fingerprint density at radius 3 is 1.39 bits per heavy atom. The molecule has 5 aromatic rings. The molecule has 180 valence electrons. The van der Waals surface area contributed by atoms with E-state index in [1.54, 1.807) is 6.07 Å². The molecule has 1 nitrogen and oxygen atoms in total. The highest BCUT2D eigenvalue weighted by atomic mass is 19.4. The number of hydrogen-bond donors (Lipinski definition) is 0. The minimum Gasteiger partial charge on any atom is -0.246 e. The van der Waals surface area contributed by atoms with Gasteiger partial charge in [0.1, 0.15) is 0 Å². The molecule has 0 aliphatic heterocycles. The second kappa shape index (κ2) is 8.82. The third-order valence-electron chi connectivity index (χ3n) is 5.95. The summed E-state index contributed by atoms with van der Waals surface area (Å²) in [7, 11) is 0. The summed E-state index contributed by atoms with van der Waals surface area (Å²) in [6, 6.07) is 26.0. The molecule has 7 heteroatoms. The van der Waals surface area contributed by atoms with Gasteiger partial charge in [-0.3, -0.25) is 0 Å². The van der Waals surface area contributed by atoms with Gasteiger partial charge in [0, 0.05) is 22.1 Å². The van der Waals surface area contributed by atoms with Gasteiger partial charge in [-0.1, -0.05) is 78.9 Å². The molecule has 0 atom stereocenters.